The number of rotatable bonds is 8. The molecule has 0 unspecified atom stereocenters. The molecule has 0 heterocycles. The summed E-state index contributed by atoms with van der Waals surface area (Å²) in [5, 5.41) is 2.63. The van der Waals surface area contributed by atoms with E-state index >= 15 is 0 Å². The molecule has 0 bridgehead atoms. The van der Waals surface area contributed by atoms with Gasteiger partial charge in [0.15, 0.2) is 18.1 Å². The molecule has 3 N–H and O–H groups in total. The van der Waals surface area contributed by atoms with Gasteiger partial charge in [-0.25, -0.2) is 0 Å². The molecule has 0 saturated heterocycles. The Kier molecular flexibility index (Phi) is 8.30. The number of benzene rings is 2. The van der Waals surface area contributed by atoms with Gasteiger partial charge in [-0.15, -0.1) is 0 Å². The lowest BCUT2D eigenvalue weighted by Crippen LogP contribution is -2.20. The zero-order chi connectivity index (χ0) is 22.1. The van der Waals surface area contributed by atoms with Crippen LogP contribution in [0.5, 0.6) is 11.5 Å². The zero-order valence-electron chi connectivity index (χ0n) is 16.9. The summed E-state index contributed by atoms with van der Waals surface area (Å²) in [6, 6.07) is 12.1. The lowest BCUT2D eigenvalue weighted by molar-refractivity contribution is -0.120. The standard InChI is InChI=1S/C21H23N3O5S/c1-24(2)21(27)30-18-7-5-4-6-15(18)23-20(26)11-9-14-8-10-16(17(12-14)28-3)29-13-19(22)25/h4-12H,13H2,1-3H3,(H2,22,25)(H,23,26)/b11-9+. The topological polar surface area (TPSA) is 111 Å². The average molecular weight is 429 g/mol. The van der Waals surface area contributed by atoms with Crippen molar-refractivity contribution in [2.24, 2.45) is 5.73 Å². The van der Waals surface area contributed by atoms with Crippen molar-refractivity contribution < 1.29 is 23.9 Å². The van der Waals surface area contributed by atoms with Gasteiger partial charge in [-0.3, -0.25) is 14.4 Å². The number of nitrogens with one attached hydrogen (secondary N) is 1. The predicted octanol–water partition coefficient (Wildman–Crippen LogP) is 2.98. The Morgan fingerprint density at radius 3 is 2.53 bits per heavy atom. The molecule has 3 amide bonds. The lowest BCUT2D eigenvalue weighted by Gasteiger charge is -2.12. The number of ether oxygens (including phenoxy) is 2. The molecule has 2 aromatic carbocycles. The van der Waals surface area contributed by atoms with Crippen LogP contribution < -0.4 is 20.5 Å². The van der Waals surface area contributed by atoms with E-state index in [9.17, 15) is 14.4 Å². The SMILES string of the molecule is COc1cc(/C=C/C(=O)Nc2ccccc2SC(=O)N(C)C)ccc1OCC(N)=O. The molecule has 0 atom stereocenters. The van der Waals surface area contributed by atoms with E-state index in [4.69, 9.17) is 15.2 Å². The van der Waals surface area contributed by atoms with Crippen molar-refractivity contribution in [3.05, 3.63) is 54.1 Å². The number of amides is 3. The smallest absolute Gasteiger partial charge is 0.286 e. The van der Waals surface area contributed by atoms with Crippen LogP contribution in [0.3, 0.4) is 0 Å². The molecule has 158 valence electrons. The Hall–Kier alpha value is -3.46. The molecule has 0 aromatic heterocycles. The maximum atomic E-state index is 12.3. The van der Waals surface area contributed by atoms with Crippen LogP contribution in [0.4, 0.5) is 10.5 Å². The average Bonchev–Trinajstić information content (AvgIpc) is 2.72. The molecule has 0 spiro atoms. The third kappa shape index (κ3) is 6.85. The quantitative estimate of drug-likeness (QED) is 0.493. The van der Waals surface area contributed by atoms with Crippen molar-refractivity contribution in [1.82, 2.24) is 4.90 Å². The minimum absolute atomic E-state index is 0.141. The fourth-order valence-corrected chi connectivity index (χ4v) is 2.99. The second-order valence-corrected chi connectivity index (χ2v) is 7.24. The Morgan fingerprint density at radius 2 is 1.87 bits per heavy atom. The molecule has 8 nitrogen and oxygen atoms in total. The van der Waals surface area contributed by atoms with E-state index in [2.05, 4.69) is 5.32 Å². The number of nitrogens with two attached hydrogens (primary N) is 1. The Balaban J connectivity index is 2.08. The highest BCUT2D eigenvalue weighted by atomic mass is 32.2. The summed E-state index contributed by atoms with van der Waals surface area (Å²) in [6.45, 7) is -0.262. The summed E-state index contributed by atoms with van der Waals surface area (Å²) in [4.78, 5) is 37.3. The molecular weight excluding hydrogens is 406 g/mol. The number of thioether (sulfide) groups is 1. The van der Waals surface area contributed by atoms with Crippen LogP contribution in [-0.2, 0) is 9.59 Å². The normalized spacial score (nSPS) is 10.5. The van der Waals surface area contributed by atoms with Gasteiger partial charge in [-0.05, 0) is 47.7 Å². The summed E-state index contributed by atoms with van der Waals surface area (Å²) in [5.74, 6) is -0.172. The Morgan fingerprint density at radius 1 is 1.13 bits per heavy atom. The molecule has 2 rings (SSSR count). The maximum Gasteiger partial charge on any atom is 0.286 e. The highest BCUT2D eigenvalue weighted by Gasteiger charge is 2.12. The molecule has 0 saturated carbocycles. The number of primary amides is 1. The van der Waals surface area contributed by atoms with E-state index in [1.165, 1.54) is 18.1 Å². The molecule has 0 fully saturated rings. The van der Waals surface area contributed by atoms with E-state index in [0.717, 1.165) is 11.8 Å². The number of para-hydroxylation sites is 1. The third-order valence-corrected chi connectivity index (χ3v) is 4.81. The second kappa shape index (κ2) is 10.9. The summed E-state index contributed by atoms with van der Waals surface area (Å²) in [6.07, 6.45) is 2.98. The fourth-order valence-electron chi connectivity index (χ4n) is 2.25. The van der Waals surface area contributed by atoms with Crippen LogP contribution in [-0.4, -0.2) is 49.8 Å². The largest absolute Gasteiger partial charge is 0.493 e. The number of methoxy groups -OCH3 is 1. The van der Waals surface area contributed by atoms with Gasteiger partial charge in [0.2, 0.25) is 5.91 Å². The number of carbonyl (C=O) groups is 3. The van der Waals surface area contributed by atoms with Crippen LogP contribution in [0, 0.1) is 0 Å². The highest BCUT2D eigenvalue weighted by Crippen LogP contribution is 2.30. The molecular formula is C21H23N3O5S. The molecule has 0 aliphatic heterocycles. The van der Waals surface area contributed by atoms with Gasteiger partial charge in [-0.2, -0.15) is 0 Å². The van der Waals surface area contributed by atoms with Gasteiger partial charge in [0.1, 0.15) is 0 Å². The lowest BCUT2D eigenvalue weighted by atomic mass is 10.2. The van der Waals surface area contributed by atoms with Crippen LogP contribution >= 0.6 is 11.8 Å². The third-order valence-electron chi connectivity index (χ3n) is 3.69. The van der Waals surface area contributed by atoms with Gasteiger partial charge in [0.25, 0.3) is 11.1 Å². The minimum Gasteiger partial charge on any atom is -0.493 e. The Bertz CT molecular complexity index is 959. The first-order chi connectivity index (χ1) is 14.3. The molecule has 0 radical (unpaired) electrons. The van der Waals surface area contributed by atoms with Crippen molar-refractivity contribution in [3.8, 4) is 11.5 Å². The number of nitrogens with zero attached hydrogens (tertiary/aromatic N) is 1. The van der Waals surface area contributed by atoms with Crippen molar-refractivity contribution in [2.75, 3.05) is 33.1 Å². The molecule has 9 heteroatoms. The number of anilines is 1. The van der Waals surface area contributed by atoms with Gasteiger partial charge < -0.3 is 25.4 Å². The first kappa shape index (κ1) is 22.8. The van der Waals surface area contributed by atoms with Gasteiger partial charge in [0.05, 0.1) is 12.8 Å². The minimum atomic E-state index is -0.594. The van der Waals surface area contributed by atoms with Crippen molar-refractivity contribution in [3.63, 3.8) is 0 Å². The van der Waals surface area contributed by atoms with E-state index in [-0.39, 0.29) is 17.8 Å². The first-order valence-corrected chi connectivity index (χ1v) is 9.68. The molecule has 30 heavy (non-hydrogen) atoms. The first-order valence-electron chi connectivity index (χ1n) is 8.86. The number of hydrogen-bond donors (Lipinski definition) is 2. The predicted molar refractivity (Wildman–Crippen MR) is 117 cm³/mol. The molecule has 2 aromatic rings. The monoisotopic (exact) mass is 429 g/mol. The number of hydrogen-bond acceptors (Lipinski definition) is 6. The molecule has 0 aliphatic rings. The molecule has 0 aliphatic carbocycles. The Labute approximate surface area is 179 Å². The second-order valence-electron chi connectivity index (χ2n) is 6.25. The van der Waals surface area contributed by atoms with E-state index in [1.807, 2.05) is 0 Å². The number of carbonyl (C=O) groups excluding carboxylic acids is 3. The summed E-state index contributed by atoms with van der Waals surface area (Å²) in [5.41, 5.74) is 6.31. The van der Waals surface area contributed by atoms with Crippen LogP contribution in [0.2, 0.25) is 0 Å². The van der Waals surface area contributed by atoms with Crippen LogP contribution in [0.25, 0.3) is 6.08 Å². The van der Waals surface area contributed by atoms with Gasteiger partial charge >= 0.3 is 0 Å². The van der Waals surface area contributed by atoms with E-state index in [0.29, 0.717) is 27.6 Å². The highest BCUT2D eigenvalue weighted by molar-refractivity contribution is 8.13. The fraction of sp³-hybridized carbons (Fsp3) is 0.190. The summed E-state index contributed by atoms with van der Waals surface area (Å²) >= 11 is 1.03. The van der Waals surface area contributed by atoms with Crippen molar-refractivity contribution in [1.29, 1.82) is 0 Å². The van der Waals surface area contributed by atoms with Crippen molar-refractivity contribution >= 4 is 40.6 Å². The summed E-state index contributed by atoms with van der Waals surface area (Å²) in [7, 11) is 4.80. The summed E-state index contributed by atoms with van der Waals surface area (Å²) < 4.78 is 10.5. The van der Waals surface area contributed by atoms with Gasteiger partial charge in [-0.1, -0.05) is 18.2 Å². The zero-order valence-corrected chi connectivity index (χ0v) is 17.7. The van der Waals surface area contributed by atoms with Crippen LogP contribution in [0.15, 0.2) is 53.4 Å². The van der Waals surface area contributed by atoms with E-state index < -0.39 is 5.91 Å². The van der Waals surface area contributed by atoms with Gasteiger partial charge in [0, 0.05) is 25.1 Å². The van der Waals surface area contributed by atoms with Crippen LogP contribution in [0.1, 0.15) is 5.56 Å². The maximum absolute atomic E-state index is 12.3. The van der Waals surface area contributed by atoms with Crippen molar-refractivity contribution in [2.45, 2.75) is 4.90 Å². The van der Waals surface area contributed by atoms with E-state index in [1.54, 1.807) is 62.6 Å².